The molecular formula is C12H20Cl2O3. The summed E-state index contributed by atoms with van der Waals surface area (Å²) >= 11 is 10.9. The van der Waals surface area contributed by atoms with Gasteiger partial charge in [0.2, 0.25) is 0 Å². The lowest BCUT2D eigenvalue weighted by atomic mass is 10.4. The van der Waals surface area contributed by atoms with Crippen molar-refractivity contribution in [3.8, 4) is 0 Å². The molecule has 0 bridgehead atoms. The molecule has 0 aromatic carbocycles. The summed E-state index contributed by atoms with van der Waals surface area (Å²) in [5.41, 5.74) is 0. The van der Waals surface area contributed by atoms with Crippen molar-refractivity contribution in [3.05, 3.63) is 24.7 Å². The maximum atomic E-state index is 5.45. The monoisotopic (exact) mass is 282 g/mol. The van der Waals surface area contributed by atoms with Crippen molar-refractivity contribution in [2.45, 2.75) is 12.8 Å². The first-order valence-corrected chi connectivity index (χ1v) is 6.71. The molecule has 0 saturated heterocycles. The maximum Gasteiger partial charge on any atom is 0.0862 e. The van der Waals surface area contributed by atoms with Crippen molar-refractivity contribution in [3.63, 3.8) is 0 Å². The van der Waals surface area contributed by atoms with E-state index < -0.39 is 0 Å². The molecule has 0 aromatic rings. The first-order valence-electron chi connectivity index (χ1n) is 5.64. The van der Waals surface area contributed by atoms with E-state index in [-0.39, 0.29) is 0 Å². The van der Waals surface area contributed by atoms with Crippen LogP contribution in [0.5, 0.6) is 0 Å². The molecule has 0 rings (SSSR count). The van der Waals surface area contributed by atoms with Crippen LogP contribution in [0.25, 0.3) is 0 Å². The first-order chi connectivity index (χ1) is 8.41. The number of alkyl halides is 2. The van der Waals surface area contributed by atoms with Crippen molar-refractivity contribution < 1.29 is 14.2 Å². The minimum Gasteiger partial charge on any atom is -0.473 e. The van der Waals surface area contributed by atoms with Crippen LogP contribution < -0.4 is 0 Å². The quantitative estimate of drug-likeness (QED) is 0.312. The van der Waals surface area contributed by atoms with Gasteiger partial charge in [-0.15, -0.1) is 23.2 Å². The molecule has 0 amide bonds. The smallest absolute Gasteiger partial charge is 0.0862 e. The van der Waals surface area contributed by atoms with Gasteiger partial charge in [0.05, 0.1) is 39.0 Å². The minimum atomic E-state index is 0.536. The fraction of sp³-hybridized carbons (Fsp3) is 0.667. The second-order valence-corrected chi connectivity index (χ2v) is 3.82. The largest absolute Gasteiger partial charge is 0.473 e. The van der Waals surface area contributed by atoms with Gasteiger partial charge in [0, 0.05) is 11.8 Å². The molecule has 0 saturated carbocycles. The summed E-state index contributed by atoms with van der Waals surface area (Å²) in [6, 6.07) is 0. The molecule has 3 nitrogen and oxygen atoms in total. The zero-order valence-corrected chi connectivity index (χ0v) is 11.5. The van der Waals surface area contributed by atoms with Crippen LogP contribution in [0, 0.1) is 0 Å². The van der Waals surface area contributed by atoms with E-state index in [1.807, 2.05) is 12.2 Å². The average Bonchev–Trinajstić information content (AvgIpc) is 2.35. The molecule has 0 N–H and O–H groups in total. The van der Waals surface area contributed by atoms with Crippen molar-refractivity contribution in [2.75, 3.05) is 38.2 Å². The lowest BCUT2D eigenvalue weighted by Gasteiger charge is -1.97. The molecule has 0 aliphatic carbocycles. The lowest BCUT2D eigenvalue weighted by Crippen LogP contribution is -1.96. The molecular weight excluding hydrogens is 263 g/mol. The number of ether oxygens (including phenoxy) is 3. The Hall–Kier alpha value is -0.220. The first kappa shape index (κ1) is 16.8. The van der Waals surface area contributed by atoms with E-state index >= 15 is 0 Å². The highest BCUT2D eigenvalue weighted by molar-refractivity contribution is 6.18. The van der Waals surface area contributed by atoms with E-state index in [1.165, 1.54) is 0 Å². The van der Waals surface area contributed by atoms with Gasteiger partial charge in [0.1, 0.15) is 0 Å². The number of halogens is 2. The predicted molar refractivity (Wildman–Crippen MR) is 71.7 cm³/mol. The summed E-state index contributed by atoms with van der Waals surface area (Å²) in [5.74, 6) is 1.07. The third-order valence-corrected chi connectivity index (χ3v) is 1.96. The molecule has 0 heterocycles. The highest BCUT2D eigenvalue weighted by Gasteiger charge is 1.84. The Morgan fingerprint density at radius 1 is 0.706 bits per heavy atom. The number of hydrogen-bond donors (Lipinski definition) is 0. The second kappa shape index (κ2) is 15.8. The molecule has 0 atom stereocenters. The molecule has 5 heteroatoms. The van der Waals surface area contributed by atoms with Crippen LogP contribution in [-0.4, -0.2) is 38.2 Å². The van der Waals surface area contributed by atoms with E-state index in [2.05, 4.69) is 0 Å². The molecule has 0 spiro atoms. The van der Waals surface area contributed by atoms with E-state index in [0.29, 0.717) is 38.2 Å². The third-order valence-electron chi connectivity index (χ3n) is 1.65. The van der Waals surface area contributed by atoms with Gasteiger partial charge >= 0.3 is 0 Å². The summed E-state index contributed by atoms with van der Waals surface area (Å²) in [6.45, 7) is 2.53. The fourth-order valence-corrected chi connectivity index (χ4v) is 1.13. The van der Waals surface area contributed by atoms with Crippen LogP contribution >= 0.6 is 23.2 Å². The summed E-state index contributed by atoms with van der Waals surface area (Å²) < 4.78 is 15.5. The van der Waals surface area contributed by atoms with Crippen LogP contribution in [0.1, 0.15) is 12.8 Å². The second-order valence-electron chi connectivity index (χ2n) is 3.06. The van der Waals surface area contributed by atoms with E-state index in [1.54, 1.807) is 12.5 Å². The van der Waals surface area contributed by atoms with Gasteiger partial charge in [0.15, 0.2) is 0 Å². The summed E-state index contributed by atoms with van der Waals surface area (Å²) in [7, 11) is 0. The molecule has 0 fully saturated rings. The Bertz CT molecular complexity index is 176. The summed E-state index contributed by atoms with van der Waals surface area (Å²) in [5, 5.41) is 0. The van der Waals surface area contributed by atoms with Crippen LogP contribution in [0.2, 0.25) is 0 Å². The van der Waals surface area contributed by atoms with Crippen molar-refractivity contribution >= 4 is 23.2 Å². The van der Waals surface area contributed by atoms with Crippen molar-refractivity contribution in [2.24, 2.45) is 0 Å². The SMILES string of the molecule is ClCCOCCC=COC=CCCOCCCl. The summed E-state index contributed by atoms with van der Waals surface area (Å²) in [6.07, 6.45) is 8.73. The maximum absolute atomic E-state index is 5.45. The number of hydrogen-bond acceptors (Lipinski definition) is 3. The van der Waals surface area contributed by atoms with Crippen molar-refractivity contribution in [1.29, 1.82) is 0 Å². The van der Waals surface area contributed by atoms with Gasteiger partial charge in [-0.2, -0.15) is 0 Å². The van der Waals surface area contributed by atoms with E-state index in [9.17, 15) is 0 Å². The minimum absolute atomic E-state index is 0.536. The van der Waals surface area contributed by atoms with Crippen LogP contribution in [0.3, 0.4) is 0 Å². The van der Waals surface area contributed by atoms with Crippen LogP contribution in [0.4, 0.5) is 0 Å². The van der Waals surface area contributed by atoms with Gasteiger partial charge in [-0.3, -0.25) is 0 Å². The topological polar surface area (TPSA) is 27.7 Å². The van der Waals surface area contributed by atoms with Gasteiger partial charge in [0.25, 0.3) is 0 Å². The van der Waals surface area contributed by atoms with Gasteiger partial charge in [-0.05, 0) is 25.0 Å². The fourth-order valence-electron chi connectivity index (χ4n) is 0.909. The van der Waals surface area contributed by atoms with Gasteiger partial charge in [-0.1, -0.05) is 0 Å². The van der Waals surface area contributed by atoms with Gasteiger partial charge in [-0.25, -0.2) is 0 Å². The Labute approximate surface area is 113 Å². The Balaban J connectivity index is 3.14. The molecule has 0 aromatic heterocycles. The Morgan fingerprint density at radius 3 is 1.59 bits per heavy atom. The molecule has 0 aliphatic heterocycles. The average molecular weight is 283 g/mol. The Kier molecular flexibility index (Phi) is 15.6. The highest BCUT2D eigenvalue weighted by atomic mass is 35.5. The van der Waals surface area contributed by atoms with Crippen LogP contribution in [0.15, 0.2) is 24.7 Å². The third kappa shape index (κ3) is 15.8. The van der Waals surface area contributed by atoms with E-state index in [0.717, 1.165) is 12.8 Å². The standard InChI is InChI=1S/C12H20Cl2O3/c13-5-11-16-9-3-1-7-15-8-2-4-10-17-12-6-14/h1-2,7-8H,3-6,9-12H2. The normalized spacial score (nSPS) is 11.6. The van der Waals surface area contributed by atoms with Crippen molar-refractivity contribution in [1.82, 2.24) is 0 Å². The van der Waals surface area contributed by atoms with Crippen LogP contribution in [-0.2, 0) is 14.2 Å². The summed E-state index contributed by atoms with van der Waals surface area (Å²) in [4.78, 5) is 0. The molecule has 17 heavy (non-hydrogen) atoms. The number of rotatable bonds is 12. The zero-order valence-electron chi connectivity index (χ0n) is 9.95. The predicted octanol–water partition coefficient (Wildman–Crippen LogP) is 3.32. The molecule has 0 aliphatic rings. The Morgan fingerprint density at radius 2 is 1.18 bits per heavy atom. The molecule has 0 radical (unpaired) electrons. The van der Waals surface area contributed by atoms with E-state index in [4.69, 9.17) is 37.4 Å². The zero-order chi connectivity index (χ0) is 12.6. The molecule has 100 valence electrons. The highest BCUT2D eigenvalue weighted by Crippen LogP contribution is 1.91. The lowest BCUT2D eigenvalue weighted by molar-refractivity contribution is 0.153. The molecule has 0 unspecified atom stereocenters. The van der Waals surface area contributed by atoms with Gasteiger partial charge < -0.3 is 14.2 Å².